The van der Waals surface area contributed by atoms with E-state index in [0.717, 1.165) is 11.8 Å². The molecule has 2 aromatic rings. The lowest BCUT2D eigenvalue weighted by Crippen LogP contribution is -2.13. The first-order valence-electron chi connectivity index (χ1n) is 10.2. The van der Waals surface area contributed by atoms with E-state index in [1.54, 1.807) is 11.1 Å². The predicted octanol–water partition coefficient (Wildman–Crippen LogP) is 7.62. The van der Waals surface area contributed by atoms with E-state index in [-0.39, 0.29) is 0 Å². The van der Waals surface area contributed by atoms with Crippen molar-refractivity contribution in [1.29, 1.82) is 0 Å². The minimum atomic E-state index is 0.737. The van der Waals surface area contributed by atoms with Crippen molar-refractivity contribution < 1.29 is 0 Å². The Labute approximate surface area is 157 Å². The first-order chi connectivity index (χ1) is 12.4. The van der Waals surface area contributed by atoms with Crippen molar-refractivity contribution >= 4 is 11.8 Å². The van der Waals surface area contributed by atoms with Crippen molar-refractivity contribution in [3.8, 4) is 0 Å². The molecule has 1 unspecified atom stereocenters. The summed E-state index contributed by atoms with van der Waals surface area (Å²) < 4.78 is 0. The zero-order valence-corrected chi connectivity index (χ0v) is 16.1. The Morgan fingerprint density at radius 3 is 2.24 bits per heavy atom. The number of hydrogen-bond acceptors (Lipinski definition) is 1. The van der Waals surface area contributed by atoms with Crippen molar-refractivity contribution in [2.75, 3.05) is 0 Å². The van der Waals surface area contributed by atoms with Gasteiger partial charge in [-0.05, 0) is 54.4 Å². The average Bonchev–Trinajstić information content (AvgIpc) is 2.60. The van der Waals surface area contributed by atoms with Crippen LogP contribution in [0.2, 0.25) is 0 Å². The van der Waals surface area contributed by atoms with Crippen LogP contribution in [0.25, 0.3) is 0 Å². The molecule has 0 spiro atoms. The van der Waals surface area contributed by atoms with E-state index in [0.29, 0.717) is 0 Å². The summed E-state index contributed by atoms with van der Waals surface area (Å²) in [6, 6.07) is 18.2. The van der Waals surface area contributed by atoms with E-state index >= 15 is 0 Å². The molecular formula is C24H30S. The van der Waals surface area contributed by atoms with Gasteiger partial charge in [0.1, 0.15) is 0 Å². The molecule has 132 valence electrons. The summed E-state index contributed by atoms with van der Waals surface area (Å²) in [6.07, 6.45) is 14.2. The van der Waals surface area contributed by atoms with Gasteiger partial charge in [0.25, 0.3) is 0 Å². The summed E-state index contributed by atoms with van der Waals surface area (Å²) in [5.41, 5.74) is 3.16. The summed E-state index contributed by atoms with van der Waals surface area (Å²) in [5.74, 6) is 1.68. The quantitative estimate of drug-likeness (QED) is 0.537. The second-order valence-corrected chi connectivity index (χ2v) is 9.01. The van der Waals surface area contributed by atoms with E-state index in [9.17, 15) is 0 Å². The normalized spacial score (nSPS) is 22.0. The molecule has 0 bridgehead atoms. The third-order valence-electron chi connectivity index (χ3n) is 6.16. The van der Waals surface area contributed by atoms with Crippen molar-refractivity contribution in [1.82, 2.24) is 0 Å². The molecule has 4 rings (SSSR count). The van der Waals surface area contributed by atoms with Crippen LogP contribution in [0, 0.1) is 5.92 Å². The zero-order chi connectivity index (χ0) is 16.9. The topological polar surface area (TPSA) is 0 Å². The molecule has 0 aromatic heterocycles. The third-order valence-corrected chi connectivity index (χ3v) is 7.37. The van der Waals surface area contributed by atoms with Gasteiger partial charge in [0.15, 0.2) is 0 Å². The Hall–Kier alpha value is -1.21. The summed E-state index contributed by atoms with van der Waals surface area (Å²) in [7, 11) is 0. The fourth-order valence-corrected chi connectivity index (χ4v) is 5.93. The van der Waals surface area contributed by atoms with E-state index in [4.69, 9.17) is 0 Å². The van der Waals surface area contributed by atoms with E-state index in [1.807, 2.05) is 11.8 Å². The van der Waals surface area contributed by atoms with Crippen LogP contribution in [0.5, 0.6) is 0 Å². The van der Waals surface area contributed by atoms with Crippen LogP contribution >= 0.6 is 11.8 Å². The third kappa shape index (κ3) is 4.31. The zero-order valence-electron chi connectivity index (χ0n) is 15.3. The van der Waals surface area contributed by atoms with Crippen molar-refractivity contribution in [3.63, 3.8) is 0 Å². The lowest BCUT2D eigenvalue weighted by atomic mass is 9.80. The number of fused-ring (bicyclic) bond motifs is 2. The second kappa shape index (κ2) is 8.45. The molecule has 1 heteroatoms. The van der Waals surface area contributed by atoms with Gasteiger partial charge in [0, 0.05) is 9.79 Å². The fraction of sp³-hybridized carbons (Fsp3) is 0.500. The molecule has 0 amide bonds. The highest BCUT2D eigenvalue weighted by molar-refractivity contribution is 7.99. The standard InChI is InChI=1S/C24H30S/c1-2-4-10-19(11-5-3-1)18-21-17-16-20-12-6-8-14-23(20)25-24-15-9-7-13-22(21)24/h6-9,12-15,19,21H,1-5,10-11,16-18H2. The first kappa shape index (κ1) is 17.2. The molecule has 1 aliphatic heterocycles. The molecule has 1 atom stereocenters. The molecule has 2 aromatic carbocycles. The van der Waals surface area contributed by atoms with Gasteiger partial charge in [0.05, 0.1) is 0 Å². The molecule has 0 nitrogen and oxygen atoms in total. The minimum Gasteiger partial charge on any atom is -0.0895 e. The lowest BCUT2D eigenvalue weighted by Gasteiger charge is -2.28. The summed E-state index contributed by atoms with van der Waals surface area (Å²) >= 11 is 1.99. The second-order valence-electron chi connectivity index (χ2n) is 7.93. The molecule has 1 fully saturated rings. The largest absolute Gasteiger partial charge is 0.0895 e. The Bertz CT molecular complexity index is 682. The molecule has 1 aliphatic carbocycles. The monoisotopic (exact) mass is 350 g/mol. The van der Waals surface area contributed by atoms with Gasteiger partial charge >= 0.3 is 0 Å². The highest BCUT2D eigenvalue weighted by atomic mass is 32.2. The minimum absolute atomic E-state index is 0.737. The molecular weight excluding hydrogens is 320 g/mol. The smallest absolute Gasteiger partial charge is 0.0157 e. The number of aryl methyl sites for hydroxylation is 1. The Morgan fingerprint density at radius 1 is 0.720 bits per heavy atom. The van der Waals surface area contributed by atoms with Gasteiger partial charge in [-0.2, -0.15) is 0 Å². The van der Waals surface area contributed by atoms with Gasteiger partial charge in [-0.25, -0.2) is 0 Å². The molecule has 2 aliphatic rings. The Balaban J connectivity index is 1.58. The number of hydrogen-bond donors (Lipinski definition) is 0. The molecule has 1 heterocycles. The highest BCUT2D eigenvalue weighted by Crippen LogP contribution is 2.43. The van der Waals surface area contributed by atoms with Crippen LogP contribution in [0.3, 0.4) is 0 Å². The number of benzene rings is 2. The maximum atomic E-state index is 2.41. The van der Waals surface area contributed by atoms with Crippen LogP contribution in [-0.4, -0.2) is 0 Å². The van der Waals surface area contributed by atoms with Crippen molar-refractivity contribution in [2.24, 2.45) is 5.92 Å². The lowest BCUT2D eigenvalue weighted by molar-refractivity contribution is 0.328. The molecule has 1 saturated carbocycles. The van der Waals surface area contributed by atoms with E-state index in [1.165, 1.54) is 74.0 Å². The van der Waals surface area contributed by atoms with Crippen LogP contribution in [0.15, 0.2) is 58.3 Å². The summed E-state index contributed by atoms with van der Waals surface area (Å²) in [5, 5.41) is 0. The molecule has 0 radical (unpaired) electrons. The highest BCUT2D eigenvalue weighted by Gasteiger charge is 2.23. The SMILES string of the molecule is c1ccc2c(c1)CCC(CC1CCCCCCC1)c1ccccc1S2. The Kier molecular flexibility index (Phi) is 5.82. The predicted molar refractivity (Wildman–Crippen MR) is 108 cm³/mol. The van der Waals surface area contributed by atoms with E-state index < -0.39 is 0 Å². The summed E-state index contributed by atoms with van der Waals surface area (Å²) in [6.45, 7) is 0. The van der Waals surface area contributed by atoms with Gasteiger partial charge in [0.2, 0.25) is 0 Å². The molecule has 25 heavy (non-hydrogen) atoms. The maximum absolute atomic E-state index is 2.41. The maximum Gasteiger partial charge on any atom is 0.0157 e. The average molecular weight is 351 g/mol. The van der Waals surface area contributed by atoms with E-state index in [2.05, 4.69) is 48.5 Å². The van der Waals surface area contributed by atoms with Crippen molar-refractivity contribution in [2.45, 2.75) is 79.9 Å². The van der Waals surface area contributed by atoms with Crippen LogP contribution in [-0.2, 0) is 6.42 Å². The fourth-order valence-electron chi connectivity index (χ4n) is 4.75. The van der Waals surface area contributed by atoms with Gasteiger partial charge in [-0.15, -0.1) is 0 Å². The van der Waals surface area contributed by atoms with Crippen LogP contribution in [0.4, 0.5) is 0 Å². The Morgan fingerprint density at radius 2 is 1.40 bits per heavy atom. The summed E-state index contributed by atoms with van der Waals surface area (Å²) in [4.78, 5) is 2.95. The number of rotatable bonds is 2. The van der Waals surface area contributed by atoms with Crippen LogP contribution < -0.4 is 0 Å². The van der Waals surface area contributed by atoms with Gasteiger partial charge in [-0.3, -0.25) is 0 Å². The first-order valence-corrected chi connectivity index (χ1v) is 11.1. The van der Waals surface area contributed by atoms with Crippen molar-refractivity contribution in [3.05, 3.63) is 59.7 Å². The molecule has 0 saturated heterocycles. The van der Waals surface area contributed by atoms with Gasteiger partial charge < -0.3 is 0 Å². The van der Waals surface area contributed by atoms with Crippen LogP contribution in [0.1, 0.15) is 74.8 Å². The molecule has 0 N–H and O–H groups in total. The van der Waals surface area contributed by atoms with Gasteiger partial charge in [-0.1, -0.05) is 93.1 Å².